The highest BCUT2D eigenvalue weighted by atomic mass is 16.5. The lowest BCUT2D eigenvalue weighted by Gasteiger charge is -2.09. The van der Waals surface area contributed by atoms with Gasteiger partial charge in [0.15, 0.2) is 0 Å². The van der Waals surface area contributed by atoms with E-state index in [1.165, 1.54) is 6.07 Å². The van der Waals surface area contributed by atoms with E-state index in [0.29, 0.717) is 5.56 Å². The summed E-state index contributed by atoms with van der Waals surface area (Å²) in [5.41, 5.74) is 2.18. The molecular formula is C17H16O4. The zero-order valence-electron chi connectivity index (χ0n) is 11.9. The van der Waals surface area contributed by atoms with Gasteiger partial charge in [-0.15, -0.1) is 0 Å². The van der Waals surface area contributed by atoms with Gasteiger partial charge >= 0.3 is 11.9 Å². The molecule has 1 N–H and O–H groups in total. The lowest BCUT2D eigenvalue weighted by Crippen LogP contribution is -2.11. The number of esters is 1. The van der Waals surface area contributed by atoms with Gasteiger partial charge in [0.05, 0.1) is 17.2 Å². The first kappa shape index (κ1) is 14.8. The van der Waals surface area contributed by atoms with Crippen LogP contribution in [0.5, 0.6) is 0 Å². The first-order valence-corrected chi connectivity index (χ1v) is 6.62. The normalized spacial score (nSPS) is 10.4. The molecule has 0 aromatic heterocycles. The number of carboxylic acids is 1. The summed E-state index contributed by atoms with van der Waals surface area (Å²) >= 11 is 0. The topological polar surface area (TPSA) is 63.6 Å². The maximum absolute atomic E-state index is 11.9. The van der Waals surface area contributed by atoms with E-state index in [1.54, 1.807) is 50.2 Å². The van der Waals surface area contributed by atoms with Crippen LogP contribution in [0.4, 0.5) is 0 Å². The van der Waals surface area contributed by atoms with Crippen LogP contribution in [0.3, 0.4) is 0 Å². The molecule has 4 heteroatoms. The Morgan fingerprint density at radius 1 is 0.952 bits per heavy atom. The van der Waals surface area contributed by atoms with Crippen LogP contribution in [-0.2, 0) is 4.74 Å². The smallest absolute Gasteiger partial charge is 0.338 e. The molecule has 4 nitrogen and oxygen atoms in total. The van der Waals surface area contributed by atoms with Crippen LogP contribution < -0.4 is 0 Å². The third kappa shape index (κ3) is 3.69. The summed E-state index contributed by atoms with van der Waals surface area (Å²) in [6, 6.07) is 13.5. The number of rotatable bonds is 4. The highest BCUT2D eigenvalue weighted by Gasteiger charge is 2.11. The molecule has 108 valence electrons. The Balaban J connectivity index is 2.35. The zero-order valence-corrected chi connectivity index (χ0v) is 11.9. The average Bonchev–Trinajstić information content (AvgIpc) is 2.47. The lowest BCUT2D eigenvalue weighted by atomic mass is 10.0. The van der Waals surface area contributed by atoms with E-state index in [1.807, 2.05) is 6.07 Å². The molecule has 21 heavy (non-hydrogen) atoms. The number of carboxylic acid groups (broad SMARTS) is 1. The predicted molar refractivity (Wildman–Crippen MR) is 79.4 cm³/mol. The highest BCUT2D eigenvalue weighted by Crippen LogP contribution is 2.22. The van der Waals surface area contributed by atoms with Crippen molar-refractivity contribution >= 4 is 11.9 Å². The number of carbonyl (C=O) groups excluding carboxylic acids is 1. The van der Waals surface area contributed by atoms with Gasteiger partial charge < -0.3 is 9.84 Å². The third-order valence-electron chi connectivity index (χ3n) is 2.88. The summed E-state index contributed by atoms with van der Waals surface area (Å²) in [7, 11) is 0. The van der Waals surface area contributed by atoms with Crippen molar-refractivity contribution in [1.29, 1.82) is 0 Å². The maximum Gasteiger partial charge on any atom is 0.338 e. The molecule has 0 heterocycles. The lowest BCUT2D eigenvalue weighted by molar-refractivity contribution is 0.0377. The molecule has 2 aromatic carbocycles. The fourth-order valence-electron chi connectivity index (χ4n) is 1.94. The molecule has 0 atom stereocenters. The number of benzene rings is 2. The van der Waals surface area contributed by atoms with Crippen LogP contribution >= 0.6 is 0 Å². The summed E-state index contributed by atoms with van der Waals surface area (Å²) in [4.78, 5) is 22.9. The van der Waals surface area contributed by atoms with E-state index >= 15 is 0 Å². The minimum atomic E-state index is -0.979. The van der Waals surface area contributed by atoms with Gasteiger partial charge in [-0.25, -0.2) is 9.59 Å². The van der Waals surface area contributed by atoms with E-state index in [4.69, 9.17) is 9.84 Å². The molecule has 0 aliphatic rings. The van der Waals surface area contributed by atoms with Crippen molar-refractivity contribution in [3.05, 3.63) is 59.7 Å². The standard InChI is InChI=1S/C17H16O4/c1-11(2)21-17(20)15-8-4-6-13(10-15)12-5-3-7-14(9-12)16(18)19/h3-11H,1-2H3,(H,18,19). The molecule has 0 bridgehead atoms. The summed E-state index contributed by atoms with van der Waals surface area (Å²) in [6.45, 7) is 3.58. The predicted octanol–water partition coefficient (Wildman–Crippen LogP) is 3.62. The van der Waals surface area contributed by atoms with Crippen LogP contribution in [0.15, 0.2) is 48.5 Å². The SMILES string of the molecule is CC(C)OC(=O)c1cccc(-c2cccc(C(=O)O)c2)c1. The van der Waals surface area contributed by atoms with Gasteiger partial charge in [-0.1, -0.05) is 24.3 Å². The molecule has 0 saturated carbocycles. The van der Waals surface area contributed by atoms with Crippen molar-refractivity contribution in [3.8, 4) is 11.1 Å². The highest BCUT2D eigenvalue weighted by molar-refractivity contribution is 5.92. The minimum Gasteiger partial charge on any atom is -0.478 e. The summed E-state index contributed by atoms with van der Waals surface area (Å²) in [6.07, 6.45) is -0.184. The third-order valence-corrected chi connectivity index (χ3v) is 2.88. The second-order valence-corrected chi connectivity index (χ2v) is 4.92. The second-order valence-electron chi connectivity index (χ2n) is 4.92. The second kappa shape index (κ2) is 6.22. The van der Waals surface area contributed by atoms with Gasteiger partial charge in [-0.3, -0.25) is 0 Å². The Bertz CT molecular complexity index is 674. The fourth-order valence-corrected chi connectivity index (χ4v) is 1.94. The summed E-state index contributed by atoms with van der Waals surface area (Å²) in [5, 5.41) is 9.02. The number of ether oxygens (including phenoxy) is 1. The van der Waals surface area contributed by atoms with E-state index < -0.39 is 5.97 Å². The molecule has 2 aromatic rings. The molecule has 0 radical (unpaired) electrons. The van der Waals surface area contributed by atoms with Gasteiger partial charge in [0, 0.05) is 0 Å². The Kier molecular flexibility index (Phi) is 4.38. The Hall–Kier alpha value is -2.62. The number of hydrogen-bond donors (Lipinski definition) is 1. The Morgan fingerprint density at radius 3 is 2.00 bits per heavy atom. The van der Waals surface area contributed by atoms with Crippen LogP contribution in [0.2, 0.25) is 0 Å². The molecule has 0 amide bonds. The van der Waals surface area contributed by atoms with E-state index in [9.17, 15) is 9.59 Å². The van der Waals surface area contributed by atoms with Crippen molar-refractivity contribution in [2.24, 2.45) is 0 Å². The van der Waals surface area contributed by atoms with Gasteiger partial charge in [0.2, 0.25) is 0 Å². The summed E-state index contributed by atoms with van der Waals surface area (Å²) < 4.78 is 5.16. The Morgan fingerprint density at radius 2 is 1.48 bits per heavy atom. The van der Waals surface area contributed by atoms with Crippen LogP contribution in [0.1, 0.15) is 34.6 Å². The van der Waals surface area contributed by atoms with Gasteiger partial charge in [-0.2, -0.15) is 0 Å². The van der Waals surface area contributed by atoms with Crippen LogP contribution in [-0.4, -0.2) is 23.1 Å². The van der Waals surface area contributed by atoms with E-state index in [2.05, 4.69) is 0 Å². The summed E-state index contributed by atoms with van der Waals surface area (Å²) in [5.74, 6) is -1.37. The fraction of sp³-hybridized carbons (Fsp3) is 0.176. The first-order chi connectivity index (χ1) is 9.97. The van der Waals surface area contributed by atoms with Crippen molar-refractivity contribution in [2.75, 3.05) is 0 Å². The molecular weight excluding hydrogens is 268 g/mol. The first-order valence-electron chi connectivity index (χ1n) is 6.62. The van der Waals surface area contributed by atoms with Gasteiger partial charge in [0.25, 0.3) is 0 Å². The van der Waals surface area contributed by atoms with Gasteiger partial charge in [-0.05, 0) is 49.2 Å². The van der Waals surface area contributed by atoms with Crippen molar-refractivity contribution in [1.82, 2.24) is 0 Å². The van der Waals surface area contributed by atoms with Crippen LogP contribution in [0, 0.1) is 0 Å². The molecule has 0 aliphatic heterocycles. The number of carbonyl (C=O) groups is 2. The number of hydrogen-bond acceptors (Lipinski definition) is 3. The Labute approximate surface area is 123 Å². The van der Waals surface area contributed by atoms with Crippen molar-refractivity contribution < 1.29 is 19.4 Å². The van der Waals surface area contributed by atoms with Crippen molar-refractivity contribution in [3.63, 3.8) is 0 Å². The molecule has 0 saturated heterocycles. The van der Waals surface area contributed by atoms with E-state index in [0.717, 1.165) is 11.1 Å². The van der Waals surface area contributed by atoms with Crippen molar-refractivity contribution in [2.45, 2.75) is 20.0 Å². The number of aromatic carboxylic acids is 1. The van der Waals surface area contributed by atoms with Crippen LogP contribution in [0.25, 0.3) is 11.1 Å². The quantitative estimate of drug-likeness (QED) is 0.871. The molecule has 0 spiro atoms. The monoisotopic (exact) mass is 284 g/mol. The molecule has 0 fully saturated rings. The molecule has 0 unspecified atom stereocenters. The van der Waals surface area contributed by atoms with Gasteiger partial charge in [0.1, 0.15) is 0 Å². The molecule has 0 aliphatic carbocycles. The molecule has 2 rings (SSSR count). The maximum atomic E-state index is 11.9. The largest absolute Gasteiger partial charge is 0.478 e. The van der Waals surface area contributed by atoms with E-state index in [-0.39, 0.29) is 17.6 Å². The average molecular weight is 284 g/mol. The minimum absolute atomic E-state index is 0.184. The zero-order chi connectivity index (χ0) is 15.4.